The standard InChI is InChI=1S/C54H80N2/c1-6-9-12-15-17-20-23-26-53(50-38-36-48(55)40-42(50)4)46-32-28-44(29-33-46)52(25-22-19-14-11-8-3)45-30-34-47(35-31-45)54(27-24-21-18-16-13-10-7-2)51-39-37-49(56)41-43(51)5/h28-41,52-54H,6-27,55-56H2,1-5H3. The van der Waals surface area contributed by atoms with Crippen molar-refractivity contribution < 1.29 is 0 Å². The summed E-state index contributed by atoms with van der Waals surface area (Å²) in [6.45, 7) is 11.4. The van der Waals surface area contributed by atoms with E-state index in [2.05, 4.69) is 120 Å². The van der Waals surface area contributed by atoms with Gasteiger partial charge in [-0.1, -0.05) is 203 Å². The Morgan fingerprint density at radius 1 is 0.339 bits per heavy atom. The first-order valence-corrected chi connectivity index (χ1v) is 23.3. The van der Waals surface area contributed by atoms with Gasteiger partial charge < -0.3 is 11.5 Å². The average molecular weight is 757 g/mol. The topological polar surface area (TPSA) is 52.0 Å². The number of rotatable bonds is 28. The van der Waals surface area contributed by atoms with Crippen molar-refractivity contribution in [1.82, 2.24) is 0 Å². The fourth-order valence-electron chi connectivity index (χ4n) is 9.19. The third kappa shape index (κ3) is 14.8. The molecule has 0 amide bonds. The Labute approximate surface area is 344 Å². The first-order chi connectivity index (χ1) is 27.4. The van der Waals surface area contributed by atoms with E-state index in [1.54, 1.807) is 0 Å². The first-order valence-electron chi connectivity index (χ1n) is 23.3. The Kier molecular flexibility index (Phi) is 20.7. The molecule has 0 spiro atoms. The number of benzene rings is 4. The van der Waals surface area contributed by atoms with E-state index in [1.165, 1.54) is 186 Å². The van der Waals surface area contributed by atoms with Crippen LogP contribution in [-0.4, -0.2) is 0 Å². The van der Waals surface area contributed by atoms with Crippen molar-refractivity contribution in [3.05, 3.63) is 129 Å². The Morgan fingerprint density at radius 2 is 0.607 bits per heavy atom. The van der Waals surface area contributed by atoms with Crippen LogP contribution in [0.3, 0.4) is 0 Å². The van der Waals surface area contributed by atoms with Crippen LogP contribution in [0.4, 0.5) is 11.4 Å². The van der Waals surface area contributed by atoms with Crippen molar-refractivity contribution in [2.45, 2.75) is 194 Å². The molecular weight excluding hydrogens is 677 g/mol. The van der Waals surface area contributed by atoms with Gasteiger partial charge in [0, 0.05) is 29.1 Å². The molecule has 0 bridgehead atoms. The van der Waals surface area contributed by atoms with Crippen molar-refractivity contribution in [1.29, 1.82) is 0 Å². The minimum absolute atomic E-state index is 0.400. The molecule has 2 nitrogen and oxygen atoms in total. The Hall–Kier alpha value is -3.52. The Balaban J connectivity index is 1.57. The van der Waals surface area contributed by atoms with E-state index in [-0.39, 0.29) is 0 Å². The lowest BCUT2D eigenvalue weighted by atomic mass is 9.80. The summed E-state index contributed by atoms with van der Waals surface area (Å²) in [5.41, 5.74) is 25.5. The number of anilines is 2. The average Bonchev–Trinajstić information content (AvgIpc) is 3.20. The second kappa shape index (κ2) is 25.7. The smallest absolute Gasteiger partial charge is 0.0316 e. The quantitative estimate of drug-likeness (QED) is 0.0448. The molecule has 2 atom stereocenters. The number of hydrogen-bond acceptors (Lipinski definition) is 2. The van der Waals surface area contributed by atoms with Crippen LogP contribution in [-0.2, 0) is 0 Å². The van der Waals surface area contributed by atoms with Crippen LogP contribution in [0.25, 0.3) is 0 Å². The number of aryl methyl sites for hydroxylation is 2. The van der Waals surface area contributed by atoms with Crippen LogP contribution in [0, 0.1) is 13.8 Å². The zero-order valence-electron chi connectivity index (χ0n) is 36.5. The van der Waals surface area contributed by atoms with Crippen LogP contribution in [0.5, 0.6) is 0 Å². The minimum atomic E-state index is 0.400. The lowest BCUT2D eigenvalue weighted by Crippen LogP contribution is -2.07. The van der Waals surface area contributed by atoms with Crippen molar-refractivity contribution in [2.75, 3.05) is 11.5 Å². The largest absolute Gasteiger partial charge is 0.399 e. The number of hydrogen-bond donors (Lipinski definition) is 2. The highest BCUT2D eigenvalue weighted by atomic mass is 14.5. The lowest BCUT2D eigenvalue weighted by molar-refractivity contribution is 0.557. The molecule has 4 N–H and O–H groups in total. The number of nitrogens with two attached hydrogens (primary N) is 2. The molecule has 0 aliphatic carbocycles. The van der Waals surface area contributed by atoms with Gasteiger partial charge in [-0.15, -0.1) is 0 Å². The van der Waals surface area contributed by atoms with Crippen LogP contribution in [0.2, 0.25) is 0 Å². The fourth-order valence-corrected chi connectivity index (χ4v) is 9.19. The molecule has 4 aromatic rings. The summed E-state index contributed by atoms with van der Waals surface area (Å²) in [4.78, 5) is 0. The molecule has 4 rings (SSSR count). The zero-order valence-corrected chi connectivity index (χ0v) is 36.5. The predicted molar refractivity (Wildman–Crippen MR) is 248 cm³/mol. The van der Waals surface area contributed by atoms with Gasteiger partial charge in [0.1, 0.15) is 0 Å². The van der Waals surface area contributed by atoms with E-state index in [1.807, 2.05) is 0 Å². The van der Waals surface area contributed by atoms with Crippen molar-refractivity contribution in [3.8, 4) is 0 Å². The molecule has 2 unspecified atom stereocenters. The molecule has 0 saturated carbocycles. The SMILES string of the molecule is CCCCCCCCCC(c1ccc(C(CCCCCCC)c2ccc(C(CCCCCCCCC)c3ccc(N)cc3C)cc2)cc1)c1ccc(N)cc1C. The van der Waals surface area contributed by atoms with Crippen LogP contribution < -0.4 is 11.5 Å². The summed E-state index contributed by atoms with van der Waals surface area (Å²) in [6, 6.07) is 32.8. The van der Waals surface area contributed by atoms with Gasteiger partial charge in [-0.2, -0.15) is 0 Å². The number of unbranched alkanes of at least 4 members (excludes halogenated alkanes) is 16. The molecule has 0 aromatic heterocycles. The highest BCUT2D eigenvalue weighted by Crippen LogP contribution is 2.38. The van der Waals surface area contributed by atoms with Crippen LogP contribution >= 0.6 is 0 Å². The van der Waals surface area contributed by atoms with Gasteiger partial charge in [0.25, 0.3) is 0 Å². The van der Waals surface area contributed by atoms with E-state index in [9.17, 15) is 0 Å². The van der Waals surface area contributed by atoms with Crippen molar-refractivity contribution in [3.63, 3.8) is 0 Å². The molecule has 56 heavy (non-hydrogen) atoms. The van der Waals surface area contributed by atoms with E-state index >= 15 is 0 Å². The van der Waals surface area contributed by atoms with Crippen LogP contribution in [0.1, 0.15) is 224 Å². The monoisotopic (exact) mass is 757 g/mol. The summed E-state index contributed by atoms with van der Waals surface area (Å²) < 4.78 is 0. The predicted octanol–water partition coefficient (Wildman–Crippen LogP) is 16.5. The molecule has 0 heterocycles. The van der Waals surface area contributed by atoms with Gasteiger partial charge in [0.15, 0.2) is 0 Å². The molecule has 0 fully saturated rings. The molecule has 306 valence electrons. The van der Waals surface area contributed by atoms with Crippen molar-refractivity contribution >= 4 is 11.4 Å². The summed E-state index contributed by atoms with van der Waals surface area (Å²) in [5.74, 6) is 1.20. The molecule has 2 heteroatoms. The summed E-state index contributed by atoms with van der Waals surface area (Å²) in [7, 11) is 0. The van der Waals surface area contributed by atoms with Gasteiger partial charge in [-0.25, -0.2) is 0 Å². The molecule has 0 saturated heterocycles. The zero-order chi connectivity index (χ0) is 40.0. The van der Waals surface area contributed by atoms with E-state index in [0.29, 0.717) is 17.8 Å². The van der Waals surface area contributed by atoms with E-state index in [0.717, 1.165) is 11.4 Å². The third-order valence-corrected chi connectivity index (χ3v) is 12.6. The highest BCUT2D eigenvalue weighted by Gasteiger charge is 2.21. The second-order valence-corrected chi connectivity index (χ2v) is 17.2. The number of nitrogen functional groups attached to an aromatic ring is 2. The van der Waals surface area contributed by atoms with Crippen molar-refractivity contribution in [2.24, 2.45) is 0 Å². The lowest BCUT2D eigenvalue weighted by Gasteiger charge is -2.24. The Bertz CT molecular complexity index is 1520. The van der Waals surface area contributed by atoms with E-state index < -0.39 is 0 Å². The molecule has 0 radical (unpaired) electrons. The fraction of sp³-hybridized carbons (Fsp3) is 0.556. The highest BCUT2D eigenvalue weighted by molar-refractivity contribution is 5.50. The second-order valence-electron chi connectivity index (χ2n) is 17.2. The summed E-state index contributed by atoms with van der Waals surface area (Å²) in [5, 5.41) is 0. The minimum Gasteiger partial charge on any atom is -0.399 e. The van der Waals surface area contributed by atoms with Gasteiger partial charge in [0.2, 0.25) is 0 Å². The van der Waals surface area contributed by atoms with Gasteiger partial charge in [-0.3, -0.25) is 0 Å². The van der Waals surface area contributed by atoms with Gasteiger partial charge in [-0.05, 0) is 102 Å². The maximum absolute atomic E-state index is 6.23. The summed E-state index contributed by atoms with van der Waals surface area (Å²) >= 11 is 0. The first kappa shape index (κ1) is 45.2. The molecule has 0 aliphatic rings. The van der Waals surface area contributed by atoms with Gasteiger partial charge >= 0.3 is 0 Å². The maximum Gasteiger partial charge on any atom is 0.0316 e. The molecular formula is C54H80N2. The van der Waals surface area contributed by atoms with Crippen LogP contribution in [0.15, 0.2) is 84.9 Å². The maximum atomic E-state index is 6.23. The molecule has 0 aliphatic heterocycles. The molecule has 4 aromatic carbocycles. The van der Waals surface area contributed by atoms with E-state index in [4.69, 9.17) is 11.5 Å². The summed E-state index contributed by atoms with van der Waals surface area (Å²) in [6.07, 6.45) is 28.8. The Morgan fingerprint density at radius 3 is 0.911 bits per heavy atom. The third-order valence-electron chi connectivity index (χ3n) is 12.6. The normalized spacial score (nSPS) is 13.2. The van der Waals surface area contributed by atoms with Gasteiger partial charge in [0.05, 0.1) is 0 Å².